The summed E-state index contributed by atoms with van der Waals surface area (Å²) in [4.78, 5) is 21.0. The number of carbonyl (C=O) groups excluding carboxylic acids is 1. The average molecular weight is 319 g/mol. The topological polar surface area (TPSA) is 72.4 Å². The fraction of sp³-hybridized carbons (Fsp3) is 0.500. The highest BCUT2D eigenvalue weighted by molar-refractivity contribution is 6.69. The first-order valence-corrected chi connectivity index (χ1v) is 5.82. The summed E-state index contributed by atoms with van der Waals surface area (Å²) in [5, 5.41) is 4.56. The zero-order valence-electron chi connectivity index (χ0n) is 9.45. The van der Waals surface area contributed by atoms with E-state index in [1.165, 1.54) is 13.3 Å². The maximum absolute atomic E-state index is 11.6. The summed E-state index contributed by atoms with van der Waals surface area (Å²) in [5.41, 5.74) is 2.31. The Labute approximate surface area is 118 Å². The van der Waals surface area contributed by atoms with E-state index >= 15 is 0 Å². The second-order valence-electron chi connectivity index (χ2n) is 2.87. The molecule has 0 fully saturated rings. The Balaban J connectivity index is 2.88. The molecule has 0 aliphatic carbocycles. The van der Waals surface area contributed by atoms with Gasteiger partial charge >= 0.3 is 5.97 Å². The van der Waals surface area contributed by atoms with Crippen molar-refractivity contribution in [2.75, 3.05) is 13.7 Å². The molecule has 0 radical (unpaired) electrons. The second kappa shape index (κ2) is 6.33. The Morgan fingerprint density at radius 3 is 2.72 bits per heavy atom. The van der Waals surface area contributed by atoms with Crippen LogP contribution in [0.4, 0.5) is 0 Å². The van der Waals surface area contributed by atoms with E-state index in [9.17, 15) is 4.79 Å². The number of hydrogen-bond acceptors (Lipinski definition) is 6. The molecular weight excluding hydrogens is 308 g/mol. The first-order valence-electron chi connectivity index (χ1n) is 4.69. The summed E-state index contributed by atoms with van der Waals surface area (Å²) >= 11 is 16.8. The lowest BCUT2D eigenvalue weighted by Gasteiger charge is -2.13. The van der Waals surface area contributed by atoms with Crippen molar-refractivity contribution in [3.63, 3.8) is 0 Å². The largest absolute Gasteiger partial charge is 0.460 e. The molecule has 0 saturated heterocycles. The summed E-state index contributed by atoms with van der Waals surface area (Å²) in [6.45, 7) is 1.83. The van der Waals surface area contributed by atoms with Crippen molar-refractivity contribution in [3.8, 4) is 0 Å². The van der Waals surface area contributed by atoms with Crippen molar-refractivity contribution in [3.05, 3.63) is 12.0 Å². The third-order valence-corrected chi connectivity index (χ3v) is 2.20. The van der Waals surface area contributed by atoms with Crippen LogP contribution in [-0.4, -0.2) is 34.3 Å². The predicted molar refractivity (Wildman–Crippen MR) is 65.5 cm³/mol. The first-order chi connectivity index (χ1) is 8.40. The molecule has 7 nitrogen and oxygen atoms in total. The SMILES string of the molecule is CCOC(=O)/C(=N\OC)N1C=C(C(Cl)(Cl)Cl)ON1. The van der Waals surface area contributed by atoms with E-state index in [4.69, 9.17) is 44.4 Å². The fourth-order valence-corrected chi connectivity index (χ4v) is 1.23. The van der Waals surface area contributed by atoms with Crippen LogP contribution in [0.3, 0.4) is 0 Å². The van der Waals surface area contributed by atoms with Crippen molar-refractivity contribution in [1.29, 1.82) is 0 Å². The molecule has 0 atom stereocenters. The van der Waals surface area contributed by atoms with Crippen LogP contribution in [0.1, 0.15) is 6.92 Å². The van der Waals surface area contributed by atoms with E-state index in [-0.39, 0.29) is 18.2 Å². The molecule has 1 aliphatic heterocycles. The standard InChI is InChI=1S/C8H10Cl3N3O4/c1-3-17-7(15)6(12-16-2)14-4-5(18-13-14)8(9,10)11/h4,13H,3H2,1-2H3/b12-6+. The number of hydrogen-bond donors (Lipinski definition) is 1. The number of halogens is 3. The number of oxime groups is 1. The summed E-state index contributed by atoms with van der Waals surface area (Å²) in [7, 11) is 1.27. The average Bonchev–Trinajstić information content (AvgIpc) is 2.74. The molecule has 0 amide bonds. The maximum Gasteiger partial charge on any atom is 0.379 e. The highest BCUT2D eigenvalue weighted by atomic mass is 35.6. The Morgan fingerprint density at radius 2 is 2.28 bits per heavy atom. The number of allylic oxidation sites excluding steroid dienone is 1. The lowest BCUT2D eigenvalue weighted by atomic mass is 10.5. The number of carbonyl (C=O) groups is 1. The minimum atomic E-state index is -1.77. The van der Waals surface area contributed by atoms with Gasteiger partial charge in [-0.1, -0.05) is 45.5 Å². The smallest absolute Gasteiger partial charge is 0.379 e. The minimum Gasteiger partial charge on any atom is -0.460 e. The first kappa shape index (κ1) is 15.2. The Kier molecular flexibility index (Phi) is 5.33. The van der Waals surface area contributed by atoms with Gasteiger partial charge < -0.3 is 14.4 Å². The van der Waals surface area contributed by atoms with Gasteiger partial charge in [-0.25, -0.2) is 9.80 Å². The number of nitrogens with one attached hydrogen (secondary N) is 1. The van der Waals surface area contributed by atoms with Crippen LogP contribution < -0.4 is 5.59 Å². The minimum absolute atomic E-state index is 0.0272. The van der Waals surface area contributed by atoms with Crippen LogP contribution in [0.5, 0.6) is 0 Å². The fourth-order valence-electron chi connectivity index (χ4n) is 0.965. The number of amidine groups is 1. The lowest BCUT2D eigenvalue weighted by molar-refractivity contribution is -0.136. The third-order valence-electron chi connectivity index (χ3n) is 1.64. The van der Waals surface area contributed by atoms with Crippen LogP contribution in [0.2, 0.25) is 0 Å². The van der Waals surface area contributed by atoms with Gasteiger partial charge in [-0.15, -0.1) is 0 Å². The van der Waals surface area contributed by atoms with Crippen LogP contribution in [0.15, 0.2) is 17.1 Å². The molecular formula is C8H10Cl3N3O4. The molecule has 1 heterocycles. The quantitative estimate of drug-likeness (QED) is 0.273. The van der Waals surface area contributed by atoms with E-state index < -0.39 is 9.76 Å². The maximum atomic E-state index is 11.6. The normalized spacial score (nSPS) is 16.2. The van der Waals surface area contributed by atoms with Crippen LogP contribution in [-0.2, 0) is 19.2 Å². The van der Waals surface area contributed by atoms with E-state index in [0.29, 0.717) is 0 Å². The Morgan fingerprint density at radius 1 is 1.61 bits per heavy atom. The Bertz CT molecular complexity index is 380. The second-order valence-corrected chi connectivity index (χ2v) is 5.15. The molecule has 0 aromatic heterocycles. The van der Waals surface area contributed by atoms with Crippen LogP contribution in [0.25, 0.3) is 0 Å². The zero-order valence-corrected chi connectivity index (χ0v) is 11.7. The number of nitrogens with zero attached hydrogens (tertiary/aromatic N) is 2. The van der Waals surface area contributed by atoms with E-state index in [1.807, 2.05) is 0 Å². The molecule has 1 aliphatic rings. The van der Waals surface area contributed by atoms with Gasteiger partial charge in [0.15, 0.2) is 5.76 Å². The molecule has 0 saturated carbocycles. The van der Waals surface area contributed by atoms with E-state index in [1.54, 1.807) is 6.92 Å². The van der Waals surface area contributed by atoms with Gasteiger partial charge in [-0.05, 0) is 6.92 Å². The zero-order chi connectivity index (χ0) is 13.8. The molecule has 1 rings (SSSR count). The number of esters is 1. The van der Waals surface area contributed by atoms with Crippen LogP contribution in [0, 0.1) is 0 Å². The molecule has 18 heavy (non-hydrogen) atoms. The molecule has 0 aromatic carbocycles. The highest BCUT2D eigenvalue weighted by Crippen LogP contribution is 2.36. The molecule has 1 N–H and O–H groups in total. The van der Waals surface area contributed by atoms with Crippen molar-refractivity contribution in [1.82, 2.24) is 10.6 Å². The van der Waals surface area contributed by atoms with Crippen molar-refractivity contribution in [2.45, 2.75) is 10.7 Å². The molecule has 0 bridgehead atoms. The van der Waals surface area contributed by atoms with Gasteiger partial charge in [-0.2, -0.15) is 0 Å². The van der Waals surface area contributed by atoms with Crippen molar-refractivity contribution in [2.24, 2.45) is 5.16 Å². The van der Waals surface area contributed by atoms with E-state index in [2.05, 4.69) is 15.6 Å². The summed E-state index contributed by atoms with van der Waals surface area (Å²) in [5.74, 6) is -0.957. The predicted octanol–water partition coefficient (Wildman–Crippen LogP) is 1.47. The Hall–Kier alpha value is -0.890. The lowest BCUT2D eigenvalue weighted by Crippen LogP contribution is -2.40. The highest BCUT2D eigenvalue weighted by Gasteiger charge is 2.36. The van der Waals surface area contributed by atoms with Gasteiger partial charge in [-0.3, -0.25) is 0 Å². The van der Waals surface area contributed by atoms with Gasteiger partial charge in [0, 0.05) is 0 Å². The summed E-state index contributed by atoms with van der Waals surface area (Å²) < 4.78 is 3.01. The molecule has 0 spiro atoms. The van der Waals surface area contributed by atoms with Crippen LogP contribution >= 0.6 is 34.8 Å². The van der Waals surface area contributed by atoms with Crippen molar-refractivity contribution < 1.29 is 19.2 Å². The summed E-state index contributed by atoms with van der Waals surface area (Å²) in [6.07, 6.45) is 1.24. The number of ether oxygens (including phenoxy) is 1. The van der Waals surface area contributed by atoms with E-state index in [0.717, 1.165) is 5.01 Å². The third kappa shape index (κ3) is 3.81. The summed E-state index contributed by atoms with van der Waals surface area (Å²) in [6, 6.07) is 0. The molecule has 102 valence electrons. The number of hydrazine groups is 1. The van der Waals surface area contributed by atoms with Gasteiger partial charge in [0.2, 0.25) is 0 Å². The van der Waals surface area contributed by atoms with Gasteiger partial charge in [0.1, 0.15) is 7.11 Å². The molecule has 10 heteroatoms. The van der Waals surface area contributed by atoms with Gasteiger partial charge in [0.25, 0.3) is 9.63 Å². The number of rotatable bonds is 2. The monoisotopic (exact) mass is 317 g/mol. The molecule has 0 unspecified atom stereocenters. The number of alkyl halides is 3. The molecule has 0 aromatic rings. The van der Waals surface area contributed by atoms with Gasteiger partial charge in [0.05, 0.1) is 12.8 Å². The van der Waals surface area contributed by atoms with Crippen molar-refractivity contribution >= 4 is 46.6 Å².